The fourth-order valence-electron chi connectivity index (χ4n) is 2.98. The fourth-order valence-corrected chi connectivity index (χ4v) is 2.98. The highest BCUT2D eigenvalue weighted by Crippen LogP contribution is 2.30. The molecule has 1 aromatic heterocycles. The van der Waals surface area contributed by atoms with Crippen LogP contribution in [-0.4, -0.2) is 39.8 Å². The summed E-state index contributed by atoms with van der Waals surface area (Å²) >= 11 is 0. The molecule has 2 aliphatic rings. The summed E-state index contributed by atoms with van der Waals surface area (Å²) < 4.78 is 8.18. The van der Waals surface area contributed by atoms with Crippen molar-refractivity contribution in [2.75, 3.05) is 19.8 Å². The fraction of sp³-hybridized carbons (Fsp3) is 0.733. The first-order valence-electron chi connectivity index (χ1n) is 7.64. The Hall–Kier alpha value is -1.40. The van der Waals surface area contributed by atoms with E-state index in [1.54, 1.807) is 17.7 Å². The number of hydrogen-bond acceptors (Lipinski definition) is 4. The van der Waals surface area contributed by atoms with Crippen LogP contribution in [0, 0.1) is 5.92 Å². The SMILES string of the molecule is Cn1c(CN(CC2CCOC2)C2CC2)cc(=O)n(C)c1=O. The van der Waals surface area contributed by atoms with Gasteiger partial charge in [0.25, 0.3) is 5.56 Å². The van der Waals surface area contributed by atoms with Gasteiger partial charge in [0, 0.05) is 51.6 Å². The van der Waals surface area contributed by atoms with Crippen LogP contribution in [0.3, 0.4) is 0 Å². The van der Waals surface area contributed by atoms with Crippen molar-refractivity contribution in [3.8, 4) is 0 Å². The van der Waals surface area contributed by atoms with E-state index < -0.39 is 0 Å². The van der Waals surface area contributed by atoms with Gasteiger partial charge in [0.05, 0.1) is 6.61 Å². The lowest BCUT2D eigenvalue weighted by molar-refractivity contribution is 0.160. The standard InChI is InChI=1S/C15H23N3O3/c1-16-13(7-14(19)17(2)15(16)20)9-18(12-3-4-12)8-11-5-6-21-10-11/h7,11-12H,3-6,8-10H2,1-2H3. The van der Waals surface area contributed by atoms with Gasteiger partial charge in [0.2, 0.25) is 0 Å². The van der Waals surface area contributed by atoms with Crippen LogP contribution in [0.15, 0.2) is 15.7 Å². The zero-order valence-corrected chi connectivity index (χ0v) is 12.7. The first-order chi connectivity index (χ1) is 10.1. The van der Waals surface area contributed by atoms with Gasteiger partial charge in [-0.05, 0) is 25.2 Å². The van der Waals surface area contributed by atoms with Gasteiger partial charge >= 0.3 is 5.69 Å². The zero-order chi connectivity index (χ0) is 15.0. The maximum atomic E-state index is 12.0. The molecule has 1 saturated carbocycles. The number of rotatable bonds is 5. The van der Waals surface area contributed by atoms with Gasteiger partial charge in [-0.3, -0.25) is 18.8 Å². The molecule has 1 saturated heterocycles. The summed E-state index contributed by atoms with van der Waals surface area (Å²) in [5.74, 6) is 0.578. The lowest BCUT2D eigenvalue weighted by Gasteiger charge is -2.25. The smallest absolute Gasteiger partial charge is 0.330 e. The molecule has 0 N–H and O–H groups in total. The molecular weight excluding hydrogens is 270 g/mol. The van der Waals surface area contributed by atoms with Crippen LogP contribution in [-0.2, 0) is 25.4 Å². The van der Waals surface area contributed by atoms with Gasteiger partial charge in [0.15, 0.2) is 0 Å². The molecule has 1 atom stereocenters. The Labute approximate surface area is 123 Å². The Morgan fingerprint density at radius 1 is 1.24 bits per heavy atom. The molecule has 0 radical (unpaired) electrons. The predicted molar refractivity (Wildman–Crippen MR) is 79.3 cm³/mol. The molecule has 0 spiro atoms. The summed E-state index contributed by atoms with van der Waals surface area (Å²) in [5, 5.41) is 0. The predicted octanol–water partition coefficient (Wildman–Crippen LogP) is 0.0849. The summed E-state index contributed by atoms with van der Waals surface area (Å²) in [6, 6.07) is 2.19. The molecule has 1 aliphatic carbocycles. The second-order valence-electron chi connectivity index (χ2n) is 6.26. The maximum absolute atomic E-state index is 12.0. The van der Waals surface area contributed by atoms with Crippen molar-refractivity contribution in [2.24, 2.45) is 20.0 Å². The van der Waals surface area contributed by atoms with E-state index in [9.17, 15) is 9.59 Å². The summed E-state index contributed by atoms with van der Waals surface area (Å²) in [7, 11) is 3.25. The molecule has 2 fully saturated rings. The van der Waals surface area contributed by atoms with Gasteiger partial charge in [0.1, 0.15) is 0 Å². The molecule has 0 amide bonds. The minimum atomic E-state index is -0.252. The third kappa shape index (κ3) is 3.11. The molecule has 116 valence electrons. The lowest BCUT2D eigenvalue weighted by Crippen LogP contribution is -2.40. The van der Waals surface area contributed by atoms with Crippen molar-refractivity contribution >= 4 is 0 Å². The Bertz CT molecular complexity index is 624. The Morgan fingerprint density at radius 2 is 2.00 bits per heavy atom. The minimum Gasteiger partial charge on any atom is -0.381 e. The highest BCUT2D eigenvalue weighted by molar-refractivity contribution is 5.03. The Kier molecular flexibility index (Phi) is 3.99. The van der Waals surface area contributed by atoms with Crippen molar-refractivity contribution in [3.63, 3.8) is 0 Å². The van der Waals surface area contributed by atoms with Gasteiger partial charge in [-0.1, -0.05) is 0 Å². The highest BCUT2D eigenvalue weighted by Gasteiger charge is 2.32. The van der Waals surface area contributed by atoms with Crippen LogP contribution in [0.5, 0.6) is 0 Å². The lowest BCUT2D eigenvalue weighted by atomic mass is 10.1. The summed E-state index contributed by atoms with van der Waals surface area (Å²) in [5.41, 5.74) is 0.319. The molecule has 21 heavy (non-hydrogen) atoms. The molecular formula is C15H23N3O3. The van der Waals surface area contributed by atoms with Crippen LogP contribution in [0.4, 0.5) is 0 Å². The highest BCUT2D eigenvalue weighted by atomic mass is 16.5. The molecule has 1 aliphatic heterocycles. The topological polar surface area (TPSA) is 56.5 Å². The van der Waals surface area contributed by atoms with E-state index in [2.05, 4.69) is 4.90 Å². The Balaban J connectivity index is 1.79. The molecule has 3 rings (SSSR count). The third-order valence-electron chi connectivity index (χ3n) is 4.57. The second-order valence-corrected chi connectivity index (χ2v) is 6.26. The van der Waals surface area contributed by atoms with E-state index in [1.807, 2.05) is 0 Å². The molecule has 1 aromatic rings. The van der Waals surface area contributed by atoms with E-state index in [-0.39, 0.29) is 11.2 Å². The van der Waals surface area contributed by atoms with Gasteiger partial charge in [-0.15, -0.1) is 0 Å². The van der Waals surface area contributed by atoms with Crippen molar-refractivity contribution < 1.29 is 4.74 Å². The zero-order valence-electron chi connectivity index (χ0n) is 12.7. The van der Waals surface area contributed by atoms with Crippen molar-refractivity contribution in [1.29, 1.82) is 0 Å². The third-order valence-corrected chi connectivity index (χ3v) is 4.57. The van der Waals surface area contributed by atoms with Gasteiger partial charge in [-0.2, -0.15) is 0 Å². The molecule has 0 aromatic carbocycles. The number of nitrogens with zero attached hydrogens (tertiary/aromatic N) is 3. The van der Waals surface area contributed by atoms with Crippen LogP contribution in [0.25, 0.3) is 0 Å². The van der Waals surface area contributed by atoms with E-state index in [1.165, 1.54) is 19.9 Å². The first-order valence-corrected chi connectivity index (χ1v) is 7.64. The molecule has 1 unspecified atom stereocenters. The largest absolute Gasteiger partial charge is 0.381 e. The minimum absolute atomic E-state index is 0.229. The van der Waals surface area contributed by atoms with Crippen LogP contribution in [0.2, 0.25) is 0 Å². The van der Waals surface area contributed by atoms with E-state index in [0.29, 0.717) is 18.5 Å². The summed E-state index contributed by atoms with van der Waals surface area (Å²) in [4.78, 5) is 26.3. The van der Waals surface area contributed by atoms with E-state index >= 15 is 0 Å². The van der Waals surface area contributed by atoms with Gasteiger partial charge < -0.3 is 4.74 Å². The average molecular weight is 293 g/mol. The van der Waals surface area contributed by atoms with Crippen LogP contribution >= 0.6 is 0 Å². The maximum Gasteiger partial charge on any atom is 0.330 e. The molecule has 6 heteroatoms. The van der Waals surface area contributed by atoms with E-state index in [4.69, 9.17) is 4.74 Å². The number of aromatic nitrogens is 2. The molecule has 2 heterocycles. The van der Waals surface area contributed by atoms with E-state index in [0.717, 1.165) is 36.4 Å². The van der Waals surface area contributed by atoms with Gasteiger partial charge in [-0.25, -0.2) is 4.79 Å². The second kappa shape index (κ2) is 5.77. The van der Waals surface area contributed by atoms with Crippen LogP contribution < -0.4 is 11.2 Å². The quantitative estimate of drug-likeness (QED) is 0.772. The average Bonchev–Trinajstić information content (AvgIpc) is 3.19. The molecule has 6 nitrogen and oxygen atoms in total. The van der Waals surface area contributed by atoms with Crippen molar-refractivity contribution in [3.05, 3.63) is 32.6 Å². The normalized spacial score (nSPS) is 22.1. The molecule has 0 bridgehead atoms. The first kappa shape index (κ1) is 14.5. The van der Waals surface area contributed by atoms with Crippen molar-refractivity contribution in [2.45, 2.75) is 31.8 Å². The number of ether oxygens (including phenoxy) is 1. The van der Waals surface area contributed by atoms with Crippen molar-refractivity contribution in [1.82, 2.24) is 14.0 Å². The summed E-state index contributed by atoms with van der Waals surface area (Å²) in [6.45, 7) is 3.35. The number of hydrogen-bond donors (Lipinski definition) is 0. The summed E-state index contributed by atoms with van der Waals surface area (Å²) in [6.07, 6.45) is 3.54. The monoisotopic (exact) mass is 293 g/mol. The van der Waals surface area contributed by atoms with Crippen LogP contribution in [0.1, 0.15) is 25.0 Å². The Morgan fingerprint density at radius 3 is 2.62 bits per heavy atom.